The highest BCUT2D eigenvalue weighted by atomic mass is 19.4. The molecule has 4 nitrogen and oxygen atoms in total. The van der Waals surface area contributed by atoms with Gasteiger partial charge in [0.05, 0.1) is 17.2 Å². The van der Waals surface area contributed by atoms with Gasteiger partial charge in [-0.15, -0.1) is 0 Å². The molecule has 1 atom stereocenters. The van der Waals surface area contributed by atoms with E-state index in [0.717, 1.165) is 18.3 Å². The summed E-state index contributed by atoms with van der Waals surface area (Å²) >= 11 is 0. The Morgan fingerprint density at radius 1 is 1.37 bits per heavy atom. The van der Waals surface area contributed by atoms with Crippen LogP contribution < -0.4 is 5.32 Å². The average Bonchev–Trinajstić information content (AvgIpc) is 2.27. The van der Waals surface area contributed by atoms with Crippen LogP contribution in [0, 0.1) is 0 Å². The predicted molar refractivity (Wildman–Crippen MR) is 62.5 cm³/mol. The van der Waals surface area contributed by atoms with E-state index in [9.17, 15) is 23.1 Å². The average molecular weight is 276 g/mol. The first-order chi connectivity index (χ1) is 8.54. The fraction of sp³-hybridized carbons (Fsp3) is 0.500. The molecule has 7 heteroatoms. The van der Waals surface area contributed by atoms with Crippen molar-refractivity contribution in [3.8, 4) is 0 Å². The van der Waals surface area contributed by atoms with E-state index in [1.807, 2.05) is 0 Å². The zero-order valence-electron chi connectivity index (χ0n) is 10.7. The van der Waals surface area contributed by atoms with Gasteiger partial charge in [-0.25, -0.2) is 0 Å². The normalized spacial score (nSPS) is 14.1. The fourth-order valence-corrected chi connectivity index (χ4v) is 1.17. The van der Waals surface area contributed by atoms with E-state index in [0.29, 0.717) is 0 Å². The summed E-state index contributed by atoms with van der Waals surface area (Å²) in [5, 5.41) is 12.0. The monoisotopic (exact) mass is 276 g/mol. The molecule has 0 aromatic carbocycles. The van der Waals surface area contributed by atoms with Crippen LogP contribution in [0.1, 0.15) is 36.8 Å². The molecule has 1 aromatic rings. The molecule has 0 fully saturated rings. The van der Waals surface area contributed by atoms with Gasteiger partial charge in [-0.3, -0.25) is 9.78 Å². The van der Waals surface area contributed by atoms with Crippen molar-refractivity contribution >= 4 is 5.91 Å². The number of halogens is 3. The molecule has 2 N–H and O–H groups in total. The number of hydrogen-bond acceptors (Lipinski definition) is 3. The van der Waals surface area contributed by atoms with Crippen LogP contribution >= 0.6 is 0 Å². The number of aromatic nitrogens is 1. The van der Waals surface area contributed by atoms with Crippen LogP contribution in [0.2, 0.25) is 0 Å². The van der Waals surface area contributed by atoms with Crippen molar-refractivity contribution in [2.24, 2.45) is 0 Å². The molecular formula is C12H15F3N2O2. The summed E-state index contributed by atoms with van der Waals surface area (Å²) < 4.78 is 36.9. The summed E-state index contributed by atoms with van der Waals surface area (Å²) in [6.45, 7) is 4.71. The summed E-state index contributed by atoms with van der Waals surface area (Å²) in [4.78, 5) is 15.0. The predicted octanol–water partition coefficient (Wildman–Crippen LogP) is 1.99. The second-order valence-electron chi connectivity index (χ2n) is 4.78. The van der Waals surface area contributed by atoms with Gasteiger partial charge in [0, 0.05) is 6.20 Å². The van der Waals surface area contributed by atoms with Crippen molar-refractivity contribution in [1.29, 1.82) is 0 Å². The lowest BCUT2D eigenvalue weighted by atomic mass is 9.98. The Balaban J connectivity index is 2.85. The number of carbonyl (C=O) groups excluding carboxylic acids is 1. The molecule has 0 aliphatic rings. The summed E-state index contributed by atoms with van der Waals surface area (Å²) in [6, 6.07) is 1.79. The molecule has 0 saturated heterocycles. The lowest BCUT2D eigenvalue weighted by Gasteiger charge is -2.29. The maximum atomic E-state index is 12.3. The second-order valence-corrected chi connectivity index (χ2v) is 4.78. The van der Waals surface area contributed by atoms with E-state index in [4.69, 9.17) is 0 Å². The van der Waals surface area contributed by atoms with Crippen LogP contribution in [0.25, 0.3) is 0 Å². The molecule has 0 bridgehead atoms. The Morgan fingerprint density at radius 3 is 2.32 bits per heavy atom. The quantitative estimate of drug-likeness (QED) is 0.887. The molecule has 0 spiro atoms. The molecule has 0 radical (unpaired) electrons. The lowest BCUT2D eigenvalue weighted by molar-refractivity contribution is -0.141. The van der Waals surface area contributed by atoms with Crippen molar-refractivity contribution < 1.29 is 23.1 Å². The molecular weight excluding hydrogens is 261 g/mol. The van der Waals surface area contributed by atoms with Crippen LogP contribution in [0.15, 0.2) is 18.3 Å². The number of amides is 1. The third-order valence-electron chi connectivity index (χ3n) is 2.80. The highest BCUT2D eigenvalue weighted by Gasteiger charge is 2.32. The molecule has 0 aliphatic heterocycles. The van der Waals surface area contributed by atoms with Crippen molar-refractivity contribution in [1.82, 2.24) is 10.3 Å². The molecule has 19 heavy (non-hydrogen) atoms. The van der Waals surface area contributed by atoms with Crippen molar-refractivity contribution in [2.75, 3.05) is 0 Å². The first-order valence-electron chi connectivity index (χ1n) is 5.58. The molecule has 1 heterocycles. The number of pyridine rings is 1. The molecule has 0 saturated carbocycles. The SMILES string of the molecule is CC(O)C(C)(C)NC(=O)c1ccc(C(F)(F)F)nc1. The molecule has 1 rings (SSSR count). The maximum Gasteiger partial charge on any atom is 0.433 e. The van der Waals surface area contributed by atoms with Crippen molar-refractivity contribution in [2.45, 2.75) is 38.6 Å². The van der Waals surface area contributed by atoms with Crippen LogP contribution in [0.3, 0.4) is 0 Å². The van der Waals surface area contributed by atoms with E-state index in [2.05, 4.69) is 10.3 Å². The molecule has 0 aliphatic carbocycles. The second kappa shape index (κ2) is 5.16. The number of aliphatic hydroxyl groups excluding tert-OH is 1. The zero-order valence-corrected chi connectivity index (χ0v) is 10.7. The number of nitrogens with zero attached hydrogens (tertiary/aromatic N) is 1. The summed E-state index contributed by atoms with van der Waals surface area (Å²) in [5.74, 6) is -0.591. The first-order valence-corrected chi connectivity index (χ1v) is 5.58. The topological polar surface area (TPSA) is 62.2 Å². The largest absolute Gasteiger partial charge is 0.433 e. The Bertz CT molecular complexity index is 453. The van der Waals surface area contributed by atoms with Crippen molar-refractivity contribution in [3.63, 3.8) is 0 Å². The molecule has 1 unspecified atom stereocenters. The molecule has 1 aromatic heterocycles. The van der Waals surface area contributed by atoms with Gasteiger partial charge in [-0.1, -0.05) is 0 Å². The number of alkyl halides is 3. The number of rotatable bonds is 3. The third-order valence-corrected chi connectivity index (χ3v) is 2.80. The highest BCUT2D eigenvalue weighted by molar-refractivity contribution is 5.94. The van der Waals surface area contributed by atoms with E-state index >= 15 is 0 Å². The number of aliphatic hydroxyl groups is 1. The van der Waals surface area contributed by atoms with Crippen LogP contribution in [0.5, 0.6) is 0 Å². The zero-order chi connectivity index (χ0) is 14.8. The smallest absolute Gasteiger partial charge is 0.391 e. The Hall–Kier alpha value is -1.63. The summed E-state index contributed by atoms with van der Waals surface area (Å²) in [7, 11) is 0. The Kier molecular flexibility index (Phi) is 4.19. The highest BCUT2D eigenvalue weighted by Crippen LogP contribution is 2.27. The Morgan fingerprint density at radius 2 is 1.95 bits per heavy atom. The van der Waals surface area contributed by atoms with E-state index in [1.165, 1.54) is 6.92 Å². The minimum atomic E-state index is -4.53. The summed E-state index contributed by atoms with van der Waals surface area (Å²) in [6.07, 6.45) is -4.48. The van der Waals surface area contributed by atoms with E-state index in [-0.39, 0.29) is 5.56 Å². The van der Waals surface area contributed by atoms with Gasteiger partial charge in [-0.05, 0) is 32.9 Å². The van der Waals surface area contributed by atoms with E-state index < -0.39 is 29.4 Å². The first kappa shape index (κ1) is 15.4. The van der Waals surface area contributed by atoms with Gasteiger partial charge in [0.2, 0.25) is 0 Å². The van der Waals surface area contributed by atoms with Gasteiger partial charge in [0.15, 0.2) is 0 Å². The van der Waals surface area contributed by atoms with Gasteiger partial charge in [0.1, 0.15) is 5.69 Å². The Labute approximate surface area is 108 Å². The van der Waals surface area contributed by atoms with Crippen LogP contribution in [-0.4, -0.2) is 27.6 Å². The number of nitrogens with one attached hydrogen (secondary N) is 1. The number of hydrogen-bond donors (Lipinski definition) is 2. The lowest BCUT2D eigenvalue weighted by Crippen LogP contribution is -2.51. The van der Waals surface area contributed by atoms with Gasteiger partial charge >= 0.3 is 6.18 Å². The maximum absolute atomic E-state index is 12.3. The standard InChI is InChI=1S/C12H15F3N2O2/c1-7(18)11(2,3)17-10(19)8-4-5-9(16-6-8)12(13,14)15/h4-7,18H,1-3H3,(H,17,19). The van der Waals surface area contributed by atoms with Crippen LogP contribution in [-0.2, 0) is 6.18 Å². The third kappa shape index (κ3) is 3.92. The van der Waals surface area contributed by atoms with Crippen LogP contribution in [0.4, 0.5) is 13.2 Å². The van der Waals surface area contributed by atoms with E-state index in [1.54, 1.807) is 13.8 Å². The number of carbonyl (C=O) groups is 1. The summed E-state index contributed by atoms with van der Waals surface area (Å²) in [5.41, 5.74) is -1.94. The molecule has 106 valence electrons. The minimum Gasteiger partial charge on any atom is -0.391 e. The fourth-order valence-electron chi connectivity index (χ4n) is 1.17. The van der Waals surface area contributed by atoms with Gasteiger partial charge in [0.25, 0.3) is 5.91 Å². The molecule has 1 amide bonds. The minimum absolute atomic E-state index is 0.00160. The van der Waals surface area contributed by atoms with Gasteiger partial charge < -0.3 is 10.4 Å². The van der Waals surface area contributed by atoms with Crippen molar-refractivity contribution in [3.05, 3.63) is 29.6 Å². The van der Waals surface area contributed by atoms with Gasteiger partial charge in [-0.2, -0.15) is 13.2 Å².